The van der Waals surface area contributed by atoms with Crippen LogP contribution in [0.5, 0.6) is 0 Å². The van der Waals surface area contributed by atoms with Crippen molar-refractivity contribution in [1.82, 2.24) is 4.90 Å². The Labute approximate surface area is 166 Å². The van der Waals surface area contributed by atoms with Crippen molar-refractivity contribution in [2.75, 3.05) is 18.0 Å². The third-order valence-electron chi connectivity index (χ3n) is 6.24. The zero-order valence-electron chi connectivity index (χ0n) is 16.9. The van der Waals surface area contributed by atoms with E-state index in [0.29, 0.717) is 5.57 Å². The average Bonchev–Trinajstić information content (AvgIpc) is 3.15. The molecule has 0 radical (unpaired) electrons. The molecule has 1 aromatic carbocycles. The van der Waals surface area contributed by atoms with Crippen LogP contribution >= 0.6 is 0 Å². The first-order valence-electron chi connectivity index (χ1n) is 9.95. The van der Waals surface area contributed by atoms with Gasteiger partial charge in [0.25, 0.3) is 0 Å². The van der Waals surface area contributed by atoms with Crippen LogP contribution < -0.4 is 4.90 Å². The third-order valence-corrected chi connectivity index (χ3v) is 6.24. The highest BCUT2D eigenvalue weighted by molar-refractivity contribution is 5.97. The van der Waals surface area contributed by atoms with Crippen molar-refractivity contribution >= 4 is 18.1 Å². The van der Waals surface area contributed by atoms with Crippen LogP contribution in [0.4, 0.5) is 10.5 Å². The van der Waals surface area contributed by atoms with Gasteiger partial charge in [0.2, 0.25) is 0 Å². The topological polar surface area (TPSA) is 49.9 Å². The van der Waals surface area contributed by atoms with E-state index in [-0.39, 0.29) is 17.5 Å². The fourth-order valence-corrected chi connectivity index (χ4v) is 5.38. The minimum atomic E-state index is -0.606. The van der Waals surface area contributed by atoms with Gasteiger partial charge in [-0.1, -0.05) is 30.4 Å². The summed E-state index contributed by atoms with van der Waals surface area (Å²) in [6, 6.07) is 7.96. The first-order chi connectivity index (χ1) is 13.3. The first kappa shape index (κ1) is 18.9. The summed E-state index contributed by atoms with van der Waals surface area (Å²) in [7, 11) is 0. The smallest absolute Gasteiger partial charge is 0.415 e. The van der Waals surface area contributed by atoms with Crippen LogP contribution in [-0.2, 0) is 14.9 Å². The number of benzene rings is 1. The zero-order chi connectivity index (χ0) is 20.1. The lowest BCUT2D eigenvalue weighted by molar-refractivity contribution is -0.105. The molecule has 4 rings (SSSR count). The molecule has 2 heterocycles. The van der Waals surface area contributed by atoms with Crippen molar-refractivity contribution in [1.29, 1.82) is 0 Å². The molecule has 5 nitrogen and oxygen atoms in total. The number of para-hydroxylation sites is 1. The van der Waals surface area contributed by atoms with Gasteiger partial charge in [0.1, 0.15) is 11.9 Å². The zero-order valence-corrected chi connectivity index (χ0v) is 16.9. The summed E-state index contributed by atoms with van der Waals surface area (Å²) in [6.07, 6.45) is 6.16. The summed E-state index contributed by atoms with van der Waals surface area (Å²) in [5, 5.41) is 0. The van der Waals surface area contributed by atoms with E-state index >= 15 is 0 Å². The third kappa shape index (κ3) is 2.64. The van der Waals surface area contributed by atoms with Gasteiger partial charge in [0.05, 0.1) is 11.7 Å². The van der Waals surface area contributed by atoms with Crippen molar-refractivity contribution in [2.45, 2.75) is 56.7 Å². The lowest BCUT2D eigenvalue weighted by Gasteiger charge is -2.44. The Bertz CT molecular complexity index is 854. The maximum absolute atomic E-state index is 13.3. The molecule has 148 valence electrons. The number of ether oxygens (including phenoxy) is 1. The fraction of sp³-hybridized carbons (Fsp3) is 0.478. The molecular weight excluding hydrogens is 352 g/mol. The summed E-state index contributed by atoms with van der Waals surface area (Å²) in [4.78, 5) is 29.4. The van der Waals surface area contributed by atoms with Crippen molar-refractivity contribution < 1.29 is 14.3 Å². The maximum Gasteiger partial charge on any atom is 0.415 e. The lowest BCUT2D eigenvalue weighted by atomic mass is 9.65. The van der Waals surface area contributed by atoms with Gasteiger partial charge >= 0.3 is 6.09 Å². The van der Waals surface area contributed by atoms with Gasteiger partial charge < -0.3 is 4.74 Å². The molecule has 0 N–H and O–H groups in total. The quantitative estimate of drug-likeness (QED) is 0.591. The lowest BCUT2D eigenvalue weighted by Crippen LogP contribution is -2.57. The van der Waals surface area contributed by atoms with E-state index in [1.165, 1.54) is 0 Å². The SMILES string of the molecule is C=CCN1CC[C@]23c4ccccc4N(C(=O)OC(C)(C)C)[C@H]2C(C=O)=CC[C@H]13. The molecule has 3 atom stereocenters. The fourth-order valence-electron chi connectivity index (χ4n) is 5.38. The van der Waals surface area contributed by atoms with Crippen LogP contribution in [0.25, 0.3) is 0 Å². The Morgan fingerprint density at radius 3 is 2.79 bits per heavy atom. The molecule has 28 heavy (non-hydrogen) atoms. The van der Waals surface area contributed by atoms with E-state index in [0.717, 1.165) is 43.5 Å². The number of aldehydes is 1. The molecule has 1 saturated heterocycles. The molecule has 1 amide bonds. The Morgan fingerprint density at radius 2 is 2.11 bits per heavy atom. The highest BCUT2D eigenvalue weighted by Crippen LogP contribution is 2.58. The van der Waals surface area contributed by atoms with Gasteiger partial charge in [-0.15, -0.1) is 6.58 Å². The summed E-state index contributed by atoms with van der Waals surface area (Å²) >= 11 is 0. The number of carbonyl (C=O) groups is 2. The van der Waals surface area contributed by atoms with Crippen LogP contribution in [0.2, 0.25) is 0 Å². The van der Waals surface area contributed by atoms with Crippen molar-refractivity contribution in [2.24, 2.45) is 0 Å². The molecule has 5 heteroatoms. The second kappa shape index (κ2) is 6.59. The predicted octanol–water partition coefficient (Wildman–Crippen LogP) is 3.84. The monoisotopic (exact) mass is 380 g/mol. The number of rotatable bonds is 3. The van der Waals surface area contributed by atoms with Crippen LogP contribution in [0.1, 0.15) is 39.2 Å². The molecule has 2 aliphatic heterocycles. The Kier molecular flexibility index (Phi) is 4.46. The second-order valence-corrected chi connectivity index (χ2v) is 8.92. The number of carbonyl (C=O) groups excluding carboxylic acids is 2. The van der Waals surface area contributed by atoms with E-state index in [1.54, 1.807) is 4.90 Å². The molecular formula is C23H28N2O3. The van der Waals surface area contributed by atoms with Crippen molar-refractivity contribution in [3.05, 3.63) is 54.1 Å². The van der Waals surface area contributed by atoms with Crippen LogP contribution in [0, 0.1) is 0 Å². The number of hydrogen-bond donors (Lipinski definition) is 0. The van der Waals surface area contributed by atoms with Crippen LogP contribution in [-0.4, -0.2) is 48.1 Å². The van der Waals surface area contributed by atoms with E-state index in [2.05, 4.69) is 17.5 Å². The molecule has 1 spiro atoms. The van der Waals surface area contributed by atoms with Crippen LogP contribution in [0.3, 0.4) is 0 Å². The molecule has 0 unspecified atom stereocenters. The number of anilines is 1. The molecule has 1 fully saturated rings. The van der Waals surface area contributed by atoms with Gasteiger partial charge in [0, 0.05) is 23.6 Å². The average molecular weight is 380 g/mol. The predicted molar refractivity (Wildman–Crippen MR) is 110 cm³/mol. The Morgan fingerprint density at radius 1 is 1.36 bits per heavy atom. The van der Waals surface area contributed by atoms with Crippen molar-refractivity contribution in [3.63, 3.8) is 0 Å². The van der Waals surface area contributed by atoms with E-state index < -0.39 is 11.7 Å². The summed E-state index contributed by atoms with van der Waals surface area (Å²) < 4.78 is 5.75. The highest BCUT2D eigenvalue weighted by Gasteiger charge is 2.63. The summed E-state index contributed by atoms with van der Waals surface area (Å²) in [6.45, 7) is 11.2. The van der Waals surface area contributed by atoms with E-state index in [4.69, 9.17) is 4.74 Å². The van der Waals surface area contributed by atoms with Gasteiger partial charge in [-0.25, -0.2) is 4.79 Å². The second-order valence-electron chi connectivity index (χ2n) is 8.92. The van der Waals surface area contributed by atoms with Gasteiger partial charge in [-0.3, -0.25) is 14.6 Å². The first-order valence-corrected chi connectivity index (χ1v) is 9.95. The summed E-state index contributed by atoms with van der Waals surface area (Å²) in [5.74, 6) is 0. The number of amides is 1. The molecule has 1 aliphatic carbocycles. The maximum atomic E-state index is 13.3. The largest absolute Gasteiger partial charge is 0.443 e. The minimum absolute atomic E-state index is 0.229. The van der Waals surface area contributed by atoms with Crippen molar-refractivity contribution in [3.8, 4) is 0 Å². The molecule has 3 aliphatic rings. The normalized spacial score (nSPS) is 28.8. The van der Waals surface area contributed by atoms with Gasteiger partial charge in [-0.2, -0.15) is 0 Å². The molecule has 1 aromatic rings. The molecule has 0 saturated carbocycles. The van der Waals surface area contributed by atoms with E-state index in [9.17, 15) is 9.59 Å². The standard InChI is InChI=1S/C23H28N2O3/c1-5-13-24-14-12-23-17-8-6-7-9-18(17)25(21(27)28-22(2,3)4)20(23)16(15-26)10-11-19(23)24/h5-10,15,19-20H,1,11-14H2,2-4H3/t19-,20-,23+/m0/s1. The van der Waals surface area contributed by atoms with E-state index in [1.807, 2.05) is 51.1 Å². The number of likely N-dealkylation sites (tertiary alicyclic amines) is 1. The number of fused-ring (bicyclic) bond motifs is 1. The number of hydrogen-bond acceptors (Lipinski definition) is 4. The number of nitrogens with zero attached hydrogens (tertiary/aromatic N) is 2. The molecule has 0 aromatic heterocycles. The molecule has 0 bridgehead atoms. The summed E-state index contributed by atoms with van der Waals surface area (Å²) in [5.41, 5.74) is 1.79. The van der Waals surface area contributed by atoms with Gasteiger partial charge in [0.15, 0.2) is 0 Å². The van der Waals surface area contributed by atoms with Gasteiger partial charge in [-0.05, 0) is 51.8 Å². The van der Waals surface area contributed by atoms with Crippen LogP contribution in [0.15, 0.2) is 48.6 Å². The highest BCUT2D eigenvalue weighted by atomic mass is 16.6. The Hall–Kier alpha value is -2.40. The minimum Gasteiger partial charge on any atom is -0.443 e. The Balaban J connectivity index is 1.88.